The van der Waals surface area contributed by atoms with Gasteiger partial charge < -0.3 is 22.2 Å². The first kappa shape index (κ1) is 24.1. The van der Waals surface area contributed by atoms with E-state index in [-0.39, 0.29) is 72.8 Å². The van der Waals surface area contributed by atoms with Gasteiger partial charge in [0.1, 0.15) is 17.3 Å². The smallest absolute Gasteiger partial charge is 0.150 e. The third-order valence-corrected chi connectivity index (χ3v) is 4.35. The zero-order valence-electron chi connectivity index (χ0n) is 15.1. The van der Waals surface area contributed by atoms with Gasteiger partial charge in [-0.1, -0.05) is 11.6 Å². The van der Waals surface area contributed by atoms with Crippen LogP contribution in [-0.2, 0) is 65.4 Å². The summed E-state index contributed by atoms with van der Waals surface area (Å²) in [6.07, 6.45) is 2.04. The molecule has 3 aromatic rings. The van der Waals surface area contributed by atoms with Crippen molar-refractivity contribution in [2.24, 2.45) is 0 Å². The number of piperazine rings is 1. The zero-order chi connectivity index (χ0) is 15.8. The van der Waals surface area contributed by atoms with E-state index in [4.69, 9.17) is 11.6 Å². The fourth-order valence-corrected chi connectivity index (χ4v) is 3.10. The molecule has 0 spiro atoms. The quantitative estimate of drug-likeness (QED) is 0.481. The average molecular weight is 520 g/mol. The van der Waals surface area contributed by atoms with Crippen molar-refractivity contribution >= 4 is 28.5 Å². The van der Waals surface area contributed by atoms with Crippen LogP contribution in [0, 0.1) is 14.4 Å². The first-order valence-corrected chi connectivity index (χ1v) is 8.10. The second-order valence-electron chi connectivity index (χ2n) is 5.65. The van der Waals surface area contributed by atoms with Crippen LogP contribution in [0.15, 0.2) is 36.5 Å². The van der Waals surface area contributed by atoms with Crippen LogP contribution in [0.25, 0.3) is 22.0 Å². The maximum atomic E-state index is 5.99. The maximum absolute atomic E-state index is 5.99. The van der Waals surface area contributed by atoms with E-state index in [9.17, 15) is 0 Å². The van der Waals surface area contributed by atoms with Crippen molar-refractivity contribution in [1.82, 2.24) is 14.5 Å². The summed E-state index contributed by atoms with van der Waals surface area (Å²) in [7, 11) is 0. The van der Waals surface area contributed by atoms with Gasteiger partial charge in [-0.15, -0.1) is 13.1 Å². The number of benzene rings is 1. The first-order valence-electron chi connectivity index (χ1n) is 7.72. The average Bonchev–Trinajstić information content (AvgIpc) is 2.99. The fraction of sp³-hybridized carbons (Fsp3) is 0.278. The molecule has 0 atom stereocenters. The van der Waals surface area contributed by atoms with Crippen LogP contribution in [-0.4, -0.2) is 40.7 Å². The first-order chi connectivity index (χ1) is 11.2. The number of anilines is 1. The summed E-state index contributed by atoms with van der Waals surface area (Å²) in [5.74, 6) is 1.79. The van der Waals surface area contributed by atoms with E-state index in [1.807, 2.05) is 37.4 Å². The summed E-state index contributed by atoms with van der Waals surface area (Å²) in [4.78, 5) is 11.6. The zero-order valence-corrected chi connectivity index (χ0v) is 21.5. The van der Waals surface area contributed by atoms with Gasteiger partial charge in [0, 0.05) is 95.4 Å². The van der Waals surface area contributed by atoms with Crippen LogP contribution in [0.5, 0.6) is 0 Å². The van der Waals surface area contributed by atoms with Crippen LogP contribution in [0.1, 0.15) is 5.82 Å². The second kappa shape index (κ2) is 10.6. The molecule has 4 rings (SSSR count). The Hall–Kier alpha value is 0.0978. The van der Waals surface area contributed by atoms with Gasteiger partial charge in [0.15, 0.2) is 0 Å². The number of nitrogens with zero attached hydrogens (tertiary/aromatic N) is 5. The van der Waals surface area contributed by atoms with E-state index in [1.54, 1.807) is 0 Å². The standard InChI is InChI=1S/C17H17ClN5.CH3.2Y/c1-12-20-16(22-10-7-19-8-11-22)15-6-9-23(17(15)21-12)14-4-2-13(18)3-5-14;;;/h2-6,9H,7-8,10-11H2,1H3;1H3;;/q2*-1;;. The molecule has 1 aliphatic heterocycles. The molecule has 3 heterocycles. The minimum Gasteiger partial charge on any atom is -0.659 e. The SMILES string of the molecule is Cc1nc(N2CC[N-]CC2)c2ccn(-c3ccc(Cl)cc3)c2n1.[CH3-].[Y].[Y]. The van der Waals surface area contributed by atoms with E-state index >= 15 is 0 Å². The van der Waals surface area contributed by atoms with Crippen LogP contribution in [0.3, 0.4) is 0 Å². The molecule has 1 aliphatic rings. The van der Waals surface area contributed by atoms with E-state index in [1.165, 1.54) is 0 Å². The molecule has 2 radical (unpaired) electrons. The Kier molecular flexibility index (Phi) is 9.83. The van der Waals surface area contributed by atoms with Crippen molar-refractivity contribution in [3.8, 4) is 5.69 Å². The van der Waals surface area contributed by atoms with Crippen molar-refractivity contribution in [2.75, 3.05) is 31.1 Å². The van der Waals surface area contributed by atoms with Gasteiger partial charge in [0.2, 0.25) is 0 Å². The molecule has 1 aromatic carbocycles. The predicted octanol–water partition coefficient (Wildman–Crippen LogP) is 4.02. The van der Waals surface area contributed by atoms with Gasteiger partial charge in [0.25, 0.3) is 0 Å². The summed E-state index contributed by atoms with van der Waals surface area (Å²) in [5.41, 5.74) is 1.97. The van der Waals surface area contributed by atoms with E-state index in [2.05, 4.69) is 30.8 Å². The van der Waals surface area contributed by atoms with Gasteiger partial charge >= 0.3 is 0 Å². The molecule has 0 bridgehead atoms. The summed E-state index contributed by atoms with van der Waals surface area (Å²) in [5, 5.41) is 6.22. The molecular formula is C18H20ClN5Y2-2. The Morgan fingerprint density at radius 3 is 2.31 bits per heavy atom. The van der Waals surface area contributed by atoms with Crippen LogP contribution in [0.2, 0.25) is 5.02 Å². The van der Waals surface area contributed by atoms with E-state index < -0.39 is 0 Å². The van der Waals surface area contributed by atoms with Crippen molar-refractivity contribution < 1.29 is 65.4 Å². The summed E-state index contributed by atoms with van der Waals surface area (Å²) >= 11 is 5.99. The summed E-state index contributed by atoms with van der Waals surface area (Å²) in [6, 6.07) is 9.87. The molecule has 26 heavy (non-hydrogen) atoms. The van der Waals surface area contributed by atoms with Crippen LogP contribution < -0.4 is 4.90 Å². The number of fused-ring (bicyclic) bond motifs is 1. The summed E-state index contributed by atoms with van der Waals surface area (Å²) in [6.45, 7) is 5.50. The molecule has 5 nitrogen and oxygen atoms in total. The van der Waals surface area contributed by atoms with Crippen LogP contribution >= 0.6 is 11.6 Å². The maximum Gasteiger partial charge on any atom is 0.150 e. The molecule has 8 heteroatoms. The molecular weight excluding hydrogens is 499 g/mol. The fourth-order valence-electron chi connectivity index (χ4n) is 2.97. The third-order valence-electron chi connectivity index (χ3n) is 4.10. The number of aromatic nitrogens is 3. The molecule has 1 fully saturated rings. The minimum absolute atomic E-state index is 0. The van der Waals surface area contributed by atoms with Gasteiger partial charge in [-0.05, 0) is 37.3 Å². The predicted molar refractivity (Wildman–Crippen MR) is 100 cm³/mol. The largest absolute Gasteiger partial charge is 0.659 e. The second-order valence-corrected chi connectivity index (χ2v) is 6.09. The topological polar surface area (TPSA) is 48.1 Å². The van der Waals surface area contributed by atoms with Gasteiger partial charge in [-0.3, -0.25) is 0 Å². The number of hydrogen-bond acceptors (Lipinski definition) is 3. The molecule has 0 aliphatic carbocycles. The number of halogens is 1. The number of rotatable bonds is 2. The van der Waals surface area contributed by atoms with Crippen LogP contribution in [0.4, 0.5) is 5.82 Å². The molecule has 132 valence electrons. The van der Waals surface area contributed by atoms with Crippen molar-refractivity contribution in [3.05, 3.63) is 60.1 Å². The van der Waals surface area contributed by atoms with Gasteiger partial charge in [-0.25, -0.2) is 9.97 Å². The van der Waals surface area contributed by atoms with Gasteiger partial charge in [0.05, 0.1) is 5.39 Å². The Morgan fingerprint density at radius 2 is 1.65 bits per heavy atom. The van der Waals surface area contributed by atoms with E-state index in [0.29, 0.717) is 0 Å². The Bertz CT molecular complexity index is 845. The number of aryl methyl sites for hydroxylation is 1. The minimum atomic E-state index is 0. The number of hydrogen-bond donors (Lipinski definition) is 0. The molecule has 0 saturated carbocycles. The molecule has 2 aromatic heterocycles. The summed E-state index contributed by atoms with van der Waals surface area (Å²) < 4.78 is 2.08. The van der Waals surface area contributed by atoms with E-state index in [0.717, 1.165) is 59.6 Å². The van der Waals surface area contributed by atoms with Crippen molar-refractivity contribution in [3.63, 3.8) is 0 Å². The van der Waals surface area contributed by atoms with Crippen molar-refractivity contribution in [2.45, 2.75) is 6.92 Å². The molecule has 0 amide bonds. The Labute approximate surface area is 210 Å². The molecule has 0 unspecified atom stereocenters. The third kappa shape index (κ3) is 4.92. The Balaban J connectivity index is 0.00000113. The molecule has 0 N–H and O–H groups in total. The normalized spacial score (nSPS) is 13.5. The van der Waals surface area contributed by atoms with Gasteiger partial charge in [-0.2, -0.15) is 0 Å². The van der Waals surface area contributed by atoms with Crippen molar-refractivity contribution in [1.29, 1.82) is 0 Å². The Morgan fingerprint density at radius 1 is 1.00 bits per heavy atom. The monoisotopic (exact) mass is 519 g/mol. The molecule has 1 saturated heterocycles.